The van der Waals surface area contributed by atoms with Crippen LogP contribution < -0.4 is 4.74 Å². The number of hydrogen-bond acceptors (Lipinski definition) is 4. The third-order valence-corrected chi connectivity index (χ3v) is 7.88. The van der Waals surface area contributed by atoms with Gasteiger partial charge in [0.1, 0.15) is 17.3 Å². The highest BCUT2D eigenvalue weighted by Crippen LogP contribution is 2.48. The Labute approximate surface area is 185 Å². The molecule has 2 bridgehead atoms. The molecule has 5 rings (SSSR count). The normalized spacial score (nSPS) is 26.8. The van der Waals surface area contributed by atoms with Gasteiger partial charge in [-0.05, 0) is 55.0 Å². The van der Waals surface area contributed by atoms with Gasteiger partial charge in [0, 0.05) is 13.1 Å². The Morgan fingerprint density at radius 1 is 1.09 bits per heavy atom. The highest BCUT2D eigenvalue weighted by Gasteiger charge is 2.50. The van der Waals surface area contributed by atoms with Gasteiger partial charge in [-0.1, -0.05) is 30.7 Å². The number of ether oxygens (including phenoxy) is 1. The summed E-state index contributed by atoms with van der Waals surface area (Å²) in [6.45, 7) is 1.28. The minimum absolute atomic E-state index is 0.0324. The van der Waals surface area contributed by atoms with E-state index in [-0.39, 0.29) is 11.5 Å². The van der Waals surface area contributed by atoms with Crippen molar-refractivity contribution in [3.05, 3.63) is 59.7 Å². The van der Waals surface area contributed by atoms with Crippen LogP contribution in [0.25, 0.3) is 0 Å². The standard InChI is InChI=1S/C23H23F3N2O3S/c24-23(25,26)19-5-1-2-6-20(19)31-18-9-7-17(8-10-18)22-11-3-4-16(14-22)15-28-12-13-32(29,30)27-21(22)28/h1-2,5-10,16H,3-4,11-15H2. The molecule has 1 saturated heterocycles. The Morgan fingerprint density at radius 2 is 1.84 bits per heavy atom. The molecule has 170 valence electrons. The topological polar surface area (TPSA) is 59.0 Å². The lowest BCUT2D eigenvalue weighted by atomic mass is 9.62. The van der Waals surface area contributed by atoms with Crippen molar-refractivity contribution >= 4 is 15.9 Å². The fourth-order valence-corrected chi connectivity index (χ4v) is 6.44. The van der Waals surface area contributed by atoms with Crippen molar-refractivity contribution in [1.29, 1.82) is 0 Å². The average molecular weight is 465 g/mol. The quantitative estimate of drug-likeness (QED) is 0.643. The molecular weight excluding hydrogens is 441 g/mol. The van der Waals surface area contributed by atoms with Crippen molar-refractivity contribution in [2.75, 3.05) is 18.8 Å². The molecule has 5 nitrogen and oxygen atoms in total. The molecule has 32 heavy (non-hydrogen) atoms. The van der Waals surface area contributed by atoms with Gasteiger partial charge >= 0.3 is 6.18 Å². The Balaban J connectivity index is 1.49. The Bertz CT molecular complexity index is 1160. The predicted octanol–water partition coefficient (Wildman–Crippen LogP) is 4.98. The lowest BCUT2D eigenvalue weighted by Gasteiger charge is -2.52. The smallest absolute Gasteiger partial charge is 0.419 e. The summed E-state index contributed by atoms with van der Waals surface area (Å²) in [5.41, 5.74) is -0.390. The van der Waals surface area contributed by atoms with Gasteiger partial charge in [-0.15, -0.1) is 4.40 Å². The molecule has 2 fully saturated rings. The summed E-state index contributed by atoms with van der Waals surface area (Å²) in [5, 5.41) is 0. The van der Waals surface area contributed by atoms with Crippen LogP contribution >= 0.6 is 0 Å². The zero-order valence-corrected chi connectivity index (χ0v) is 18.1. The maximum Gasteiger partial charge on any atom is 0.419 e. The molecule has 0 spiro atoms. The van der Waals surface area contributed by atoms with Crippen LogP contribution in [0.2, 0.25) is 0 Å². The first kappa shape index (κ1) is 21.3. The largest absolute Gasteiger partial charge is 0.457 e. The molecular formula is C23H23F3N2O3S. The molecule has 2 aromatic carbocycles. The number of fused-ring (bicyclic) bond motifs is 4. The van der Waals surface area contributed by atoms with Gasteiger partial charge in [0.25, 0.3) is 10.0 Å². The maximum absolute atomic E-state index is 13.3. The van der Waals surface area contributed by atoms with Crippen molar-refractivity contribution in [3.63, 3.8) is 0 Å². The van der Waals surface area contributed by atoms with E-state index in [2.05, 4.69) is 9.30 Å². The molecule has 2 aromatic rings. The highest BCUT2D eigenvalue weighted by atomic mass is 32.2. The number of hydrogen-bond donors (Lipinski definition) is 0. The van der Waals surface area contributed by atoms with E-state index in [1.807, 2.05) is 12.1 Å². The number of alkyl halides is 3. The summed E-state index contributed by atoms with van der Waals surface area (Å²) in [7, 11) is -3.49. The van der Waals surface area contributed by atoms with Crippen LogP contribution in [0, 0.1) is 5.92 Å². The van der Waals surface area contributed by atoms with Gasteiger partial charge in [0.15, 0.2) is 0 Å². The molecule has 1 aliphatic carbocycles. The van der Waals surface area contributed by atoms with Gasteiger partial charge in [-0.3, -0.25) is 0 Å². The monoisotopic (exact) mass is 464 g/mol. The molecule has 0 N–H and O–H groups in total. The molecule has 2 heterocycles. The van der Waals surface area contributed by atoms with E-state index in [0.29, 0.717) is 24.0 Å². The van der Waals surface area contributed by atoms with Gasteiger partial charge in [0.05, 0.1) is 16.7 Å². The van der Waals surface area contributed by atoms with Crippen molar-refractivity contribution in [1.82, 2.24) is 4.90 Å². The fourth-order valence-electron chi connectivity index (χ4n) is 5.34. The first-order valence-corrected chi connectivity index (χ1v) is 12.3. The van der Waals surface area contributed by atoms with Crippen molar-refractivity contribution < 1.29 is 26.3 Å². The zero-order chi connectivity index (χ0) is 22.6. The van der Waals surface area contributed by atoms with Crippen LogP contribution in [-0.4, -0.2) is 38.0 Å². The van der Waals surface area contributed by atoms with Gasteiger partial charge in [-0.2, -0.15) is 13.2 Å². The third-order valence-electron chi connectivity index (χ3n) is 6.73. The second-order valence-electron chi connectivity index (χ2n) is 8.81. The lowest BCUT2D eigenvalue weighted by Crippen LogP contribution is -2.59. The van der Waals surface area contributed by atoms with Crippen LogP contribution in [0.15, 0.2) is 52.9 Å². The molecule has 9 heteroatoms. The Hall–Kier alpha value is -2.55. The minimum atomic E-state index is -4.51. The lowest BCUT2D eigenvalue weighted by molar-refractivity contribution is -0.138. The van der Waals surface area contributed by atoms with Gasteiger partial charge in [0.2, 0.25) is 0 Å². The average Bonchev–Trinajstić information content (AvgIpc) is 2.74. The van der Waals surface area contributed by atoms with E-state index in [1.54, 1.807) is 12.1 Å². The summed E-state index contributed by atoms with van der Waals surface area (Å²) >= 11 is 0. The van der Waals surface area contributed by atoms with Crippen LogP contribution in [-0.2, 0) is 21.6 Å². The van der Waals surface area contributed by atoms with E-state index in [9.17, 15) is 21.6 Å². The molecule has 2 aliphatic heterocycles. The maximum atomic E-state index is 13.3. The second-order valence-corrected chi connectivity index (χ2v) is 10.6. The SMILES string of the molecule is O=S1(=O)CCN2CC3CCCC(c4ccc(Oc5ccccc5C(F)(F)F)cc4)(C3)C2=N1. The van der Waals surface area contributed by atoms with Crippen molar-refractivity contribution in [2.24, 2.45) is 10.3 Å². The summed E-state index contributed by atoms with van der Waals surface area (Å²) in [6, 6.07) is 12.1. The van der Waals surface area contributed by atoms with Crippen LogP contribution in [0.5, 0.6) is 11.5 Å². The highest BCUT2D eigenvalue weighted by molar-refractivity contribution is 7.90. The third kappa shape index (κ3) is 3.76. The summed E-state index contributed by atoms with van der Waals surface area (Å²) in [4.78, 5) is 2.11. The Kier molecular flexibility index (Phi) is 5.00. The molecule has 0 aromatic heterocycles. The van der Waals surface area contributed by atoms with E-state index in [4.69, 9.17) is 4.74 Å². The number of rotatable bonds is 3. The molecule has 1 saturated carbocycles. The number of amidine groups is 1. The minimum Gasteiger partial charge on any atom is -0.457 e. The summed E-state index contributed by atoms with van der Waals surface area (Å²) in [5.74, 6) is 1.16. The van der Waals surface area contributed by atoms with Crippen molar-refractivity contribution in [2.45, 2.75) is 37.3 Å². The Morgan fingerprint density at radius 3 is 2.59 bits per heavy atom. The molecule has 2 unspecified atom stereocenters. The number of halogens is 3. The van der Waals surface area contributed by atoms with E-state index < -0.39 is 27.2 Å². The molecule has 0 amide bonds. The van der Waals surface area contributed by atoms with Gasteiger partial charge in [-0.25, -0.2) is 8.42 Å². The summed E-state index contributed by atoms with van der Waals surface area (Å²) in [6.07, 6.45) is -0.800. The first-order valence-electron chi connectivity index (χ1n) is 10.7. The van der Waals surface area contributed by atoms with Crippen molar-refractivity contribution in [3.8, 4) is 11.5 Å². The van der Waals surface area contributed by atoms with Gasteiger partial charge < -0.3 is 9.64 Å². The number of sulfonamides is 1. The molecule has 0 radical (unpaired) electrons. The van der Waals surface area contributed by atoms with E-state index in [1.165, 1.54) is 18.2 Å². The first-order chi connectivity index (χ1) is 15.2. The van der Waals surface area contributed by atoms with Crippen LogP contribution in [0.3, 0.4) is 0 Å². The molecule has 3 aliphatic rings. The number of benzene rings is 2. The van der Waals surface area contributed by atoms with E-state index >= 15 is 0 Å². The number of para-hydroxylation sites is 1. The van der Waals surface area contributed by atoms with E-state index in [0.717, 1.165) is 43.9 Å². The van der Waals surface area contributed by atoms with Crippen LogP contribution in [0.1, 0.15) is 36.8 Å². The molecule has 2 atom stereocenters. The summed E-state index contributed by atoms with van der Waals surface area (Å²) < 4.78 is 74.1. The zero-order valence-electron chi connectivity index (χ0n) is 17.3. The number of nitrogens with zero attached hydrogens (tertiary/aromatic N) is 2. The second kappa shape index (κ2) is 7.50. The fraction of sp³-hybridized carbons (Fsp3) is 0.435. The number of piperidine rings is 1. The van der Waals surface area contributed by atoms with Crippen LogP contribution in [0.4, 0.5) is 13.2 Å². The predicted molar refractivity (Wildman–Crippen MR) is 114 cm³/mol.